The van der Waals surface area contributed by atoms with Crippen LogP contribution in [0.25, 0.3) is 0 Å². The van der Waals surface area contributed by atoms with Crippen LogP contribution in [0.15, 0.2) is 30.9 Å². The van der Waals surface area contributed by atoms with Crippen molar-refractivity contribution in [2.45, 2.75) is 26.3 Å². The molecular formula is C14H20FNO. The van der Waals surface area contributed by atoms with Gasteiger partial charge in [0.15, 0.2) is 0 Å². The number of rotatable bonds is 8. The van der Waals surface area contributed by atoms with Crippen LogP contribution in [-0.4, -0.2) is 13.2 Å². The highest BCUT2D eigenvalue weighted by Crippen LogP contribution is 2.16. The highest BCUT2D eigenvalue weighted by atomic mass is 19.1. The Kier molecular flexibility index (Phi) is 6.33. The van der Waals surface area contributed by atoms with Gasteiger partial charge >= 0.3 is 0 Å². The van der Waals surface area contributed by atoms with Crippen molar-refractivity contribution in [3.63, 3.8) is 0 Å². The second-order valence-electron chi connectivity index (χ2n) is 3.90. The van der Waals surface area contributed by atoms with Crippen LogP contribution in [0.4, 0.5) is 4.39 Å². The van der Waals surface area contributed by atoms with Crippen LogP contribution in [0, 0.1) is 5.82 Å². The van der Waals surface area contributed by atoms with E-state index in [4.69, 9.17) is 4.74 Å². The number of hydrogen-bond donors (Lipinski definition) is 1. The molecule has 0 spiro atoms. The molecule has 0 atom stereocenters. The molecule has 0 unspecified atom stereocenters. The lowest BCUT2D eigenvalue weighted by molar-refractivity contribution is 0.323. The van der Waals surface area contributed by atoms with Crippen molar-refractivity contribution in [1.82, 2.24) is 5.32 Å². The average molecular weight is 237 g/mol. The summed E-state index contributed by atoms with van der Waals surface area (Å²) in [5.41, 5.74) is 0.909. The van der Waals surface area contributed by atoms with Crippen molar-refractivity contribution in [3.8, 4) is 5.75 Å². The molecule has 0 aliphatic rings. The highest BCUT2D eigenvalue weighted by Gasteiger charge is 2.01. The van der Waals surface area contributed by atoms with Crippen molar-refractivity contribution in [2.75, 3.05) is 13.2 Å². The maximum atomic E-state index is 13.3. The van der Waals surface area contributed by atoms with Crippen LogP contribution < -0.4 is 10.1 Å². The monoisotopic (exact) mass is 237 g/mol. The van der Waals surface area contributed by atoms with Gasteiger partial charge < -0.3 is 10.1 Å². The van der Waals surface area contributed by atoms with Crippen LogP contribution in [0.3, 0.4) is 0 Å². The molecule has 3 heteroatoms. The predicted molar refractivity (Wildman–Crippen MR) is 68.7 cm³/mol. The zero-order valence-corrected chi connectivity index (χ0v) is 10.3. The smallest absolute Gasteiger partial charge is 0.127 e. The Morgan fingerprint density at radius 1 is 1.41 bits per heavy atom. The summed E-state index contributed by atoms with van der Waals surface area (Å²) in [6, 6.07) is 4.81. The maximum Gasteiger partial charge on any atom is 0.127 e. The molecule has 0 amide bonds. The van der Waals surface area contributed by atoms with Gasteiger partial charge in [0.2, 0.25) is 0 Å². The van der Waals surface area contributed by atoms with Gasteiger partial charge in [0.05, 0.1) is 6.61 Å². The van der Waals surface area contributed by atoms with Crippen molar-refractivity contribution in [2.24, 2.45) is 0 Å². The highest BCUT2D eigenvalue weighted by molar-refractivity contribution is 5.29. The van der Waals surface area contributed by atoms with Crippen LogP contribution in [-0.2, 0) is 6.54 Å². The summed E-state index contributed by atoms with van der Waals surface area (Å²) in [5.74, 6) is 0.328. The number of hydrogen-bond acceptors (Lipinski definition) is 2. The Morgan fingerprint density at radius 3 is 2.94 bits per heavy atom. The van der Waals surface area contributed by atoms with E-state index in [9.17, 15) is 4.39 Å². The fraction of sp³-hybridized carbons (Fsp3) is 0.429. The fourth-order valence-corrected chi connectivity index (χ4v) is 1.48. The summed E-state index contributed by atoms with van der Waals surface area (Å²) in [6.45, 7) is 7.85. The molecule has 0 saturated heterocycles. The Morgan fingerprint density at radius 2 is 2.24 bits per heavy atom. The molecule has 0 fully saturated rings. The zero-order chi connectivity index (χ0) is 12.5. The summed E-state index contributed by atoms with van der Waals surface area (Å²) in [7, 11) is 0. The number of halogens is 1. The van der Waals surface area contributed by atoms with Gasteiger partial charge in [-0.3, -0.25) is 0 Å². The number of nitrogens with one attached hydrogen (secondary N) is 1. The van der Waals surface area contributed by atoms with Gasteiger partial charge in [-0.05, 0) is 37.1 Å². The summed E-state index contributed by atoms with van der Waals surface area (Å²) in [4.78, 5) is 0. The Hall–Kier alpha value is -1.35. The van der Waals surface area contributed by atoms with Crippen molar-refractivity contribution >= 4 is 0 Å². The summed E-state index contributed by atoms with van der Waals surface area (Å²) in [5, 5.41) is 3.23. The van der Waals surface area contributed by atoms with E-state index in [-0.39, 0.29) is 5.82 Å². The van der Waals surface area contributed by atoms with E-state index < -0.39 is 0 Å². The fourth-order valence-electron chi connectivity index (χ4n) is 1.48. The molecule has 0 aromatic heterocycles. The third-order valence-electron chi connectivity index (χ3n) is 2.28. The van der Waals surface area contributed by atoms with Crippen LogP contribution in [0.2, 0.25) is 0 Å². The first-order chi connectivity index (χ1) is 8.26. The van der Waals surface area contributed by atoms with Gasteiger partial charge in [0.25, 0.3) is 0 Å². The molecule has 0 saturated carbocycles. The van der Waals surface area contributed by atoms with Gasteiger partial charge in [-0.2, -0.15) is 0 Å². The maximum absolute atomic E-state index is 13.3. The molecule has 0 aliphatic carbocycles. The average Bonchev–Trinajstić information content (AvgIpc) is 2.29. The normalized spacial score (nSPS) is 10.2. The Balaban J connectivity index is 2.55. The van der Waals surface area contributed by atoms with E-state index in [1.165, 1.54) is 12.1 Å². The quantitative estimate of drug-likeness (QED) is 0.553. The lowest BCUT2D eigenvalue weighted by atomic mass is 10.2. The number of ether oxygens (including phenoxy) is 1. The largest absolute Gasteiger partial charge is 0.493 e. The van der Waals surface area contributed by atoms with Crippen LogP contribution >= 0.6 is 0 Å². The van der Waals surface area contributed by atoms with E-state index in [2.05, 4.69) is 18.8 Å². The van der Waals surface area contributed by atoms with E-state index >= 15 is 0 Å². The minimum Gasteiger partial charge on any atom is -0.493 e. The minimum absolute atomic E-state index is 0.255. The molecule has 0 heterocycles. The first-order valence-corrected chi connectivity index (χ1v) is 6.00. The van der Waals surface area contributed by atoms with Crippen LogP contribution in [0.1, 0.15) is 25.3 Å². The van der Waals surface area contributed by atoms with Gasteiger partial charge in [-0.25, -0.2) is 4.39 Å². The predicted octanol–water partition coefficient (Wildman–Crippen LogP) is 3.28. The molecule has 1 aromatic carbocycles. The molecule has 94 valence electrons. The van der Waals surface area contributed by atoms with Crippen molar-refractivity contribution in [1.29, 1.82) is 0 Å². The third-order valence-corrected chi connectivity index (χ3v) is 2.28. The van der Waals surface area contributed by atoms with Crippen LogP contribution in [0.5, 0.6) is 5.75 Å². The molecular weight excluding hydrogens is 217 g/mol. The molecule has 17 heavy (non-hydrogen) atoms. The molecule has 0 aliphatic heterocycles. The van der Waals surface area contributed by atoms with Crippen molar-refractivity contribution in [3.05, 3.63) is 42.2 Å². The van der Waals surface area contributed by atoms with E-state index in [0.717, 1.165) is 24.9 Å². The number of benzene rings is 1. The first-order valence-electron chi connectivity index (χ1n) is 6.00. The lowest BCUT2D eigenvalue weighted by Gasteiger charge is -2.08. The van der Waals surface area contributed by atoms with Gasteiger partial charge in [0.1, 0.15) is 11.6 Å². The second-order valence-corrected chi connectivity index (χ2v) is 3.90. The molecule has 1 N–H and O–H groups in total. The molecule has 1 aromatic rings. The third kappa shape index (κ3) is 5.50. The topological polar surface area (TPSA) is 21.3 Å². The van der Waals surface area contributed by atoms with E-state index in [0.29, 0.717) is 18.9 Å². The second kappa shape index (κ2) is 7.85. The van der Waals surface area contributed by atoms with Gasteiger partial charge in [-0.15, -0.1) is 6.58 Å². The molecule has 1 rings (SSSR count). The Bertz CT molecular complexity index is 352. The van der Waals surface area contributed by atoms with Crippen molar-refractivity contribution < 1.29 is 9.13 Å². The Labute approximate surface area is 102 Å². The van der Waals surface area contributed by atoms with Gasteiger partial charge in [0, 0.05) is 12.6 Å². The summed E-state index contributed by atoms with van der Waals surface area (Å²) in [6.07, 6.45) is 3.61. The van der Waals surface area contributed by atoms with E-state index in [1.54, 1.807) is 6.08 Å². The lowest BCUT2D eigenvalue weighted by Crippen LogP contribution is -2.14. The minimum atomic E-state index is -0.255. The molecule has 0 bridgehead atoms. The van der Waals surface area contributed by atoms with E-state index in [1.807, 2.05) is 6.07 Å². The standard InChI is InChI=1S/C14H20FNO/c1-3-5-7-17-14-9-12(8-13(15)10-14)11-16-6-4-2/h3,8-10,16H,1,4-7,11H2,2H3. The zero-order valence-electron chi connectivity index (χ0n) is 10.3. The van der Waals surface area contributed by atoms with Gasteiger partial charge in [-0.1, -0.05) is 13.0 Å². The summed E-state index contributed by atoms with van der Waals surface area (Å²) >= 11 is 0. The summed E-state index contributed by atoms with van der Waals surface area (Å²) < 4.78 is 18.8. The molecule has 0 radical (unpaired) electrons. The first kappa shape index (κ1) is 13.7. The SMILES string of the molecule is C=CCCOc1cc(F)cc(CNCCC)c1. The molecule has 2 nitrogen and oxygen atoms in total.